The van der Waals surface area contributed by atoms with Crippen molar-refractivity contribution in [2.45, 2.75) is 109 Å². The maximum atomic E-state index is 12.0. The van der Waals surface area contributed by atoms with E-state index in [0.29, 0.717) is 5.39 Å². The van der Waals surface area contributed by atoms with Crippen molar-refractivity contribution in [3.05, 3.63) is 41.5 Å². The second kappa shape index (κ2) is 15.4. The van der Waals surface area contributed by atoms with Gasteiger partial charge in [0.05, 0.1) is 4.90 Å². The molecule has 0 saturated heterocycles. The van der Waals surface area contributed by atoms with Crippen LogP contribution in [-0.4, -0.2) is 13.0 Å². The Balaban J connectivity index is 0.00000480. The Morgan fingerprint density at radius 2 is 1.19 bits per heavy atom. The Labute approximate surface area is 212 Å². The maximum absolute atomic E-state index is 12.0. The number of hydrogen-bond acceptors (Lipinski definition) is 3. The van der Waals surface area contributed by atoms with Crippen molar-refractivity contribution in [3.8, 4) is 0 Å². The second-order valence-electron chi connectivity index (χ2n) is 8.64. The fraction of sp³-hybridized carbons (Fsp3) is 0.615. The smallest absolute Gasteiger partial charge is 0.744 e. The van der Waals surface area contributed by atoms with Crippen molar-refractivity contribution in [1.82, 2.24) is 0 Å². The molecule has 2 aromatic rings. The standard InChI is InChI=1S/C26H40O3S.Na/c1-3-5-7-9-11-13-15-22-17-18-24-19-23(16-14-12-10-8-6-4-2)21-26(25(24)20-22)30(27,28)29;/h17-21H,3-16H2,1-2H3,(H,27,28,29);/q;+1/p-1. The first-order valence-electron chi connectivity index (χ1n) is 12.0. The zero-order chi connectivity index (χ0) is 21.8. The van der Waals surface area contributed by atoms with Gasteiger partial charge in [-0.2, -0.15) is 0 Å². The Morgan fingerprint density at radius 1 is 0.677 bits per heavy atom. The molecule has 5 heteroatoms. The summed E-state index contributed by atoms with van der Waals surface area (Å²) in [5.41, 5.74) is 2.07. The van der Waals surface area contributed by atoms with E-state index in [9.17, 15) is 13.0 Å². The van der Waals surface area contributed by atoms with Crippen LogP contribution in [0.25, 0.3) is 10.8 Å². The molecule has 0 bridgehead atoms. The monoisotopic (exact) mass is 454 g/mol. The van der Waals surface area contributed by atoms with Gasteiger partial charge in [0.25, 0.3) is 0 Å². The van der Waals surface area contributed by atoms with Gasteiger partial charge in [-0.3, -0.25) is 0 Å². The van der Waals surface area contributed by atoms with Crippen LogP contribution in [0, 0.1) is 0 Å². The fourth-order valence-electron chi connectivity index (χ4n) is 4.16. The van der Waals surface area contributed by atoms with Crippen LogP contribution in [0.5, 0.6) is 0 Å². The van der Waals surface area contributed by atoms with Crippen molar-refractivity contribution in [3.63, 3.8) is 0 Å². The molecule has 0 radical (unpaired) electrons. The summed E-state index contributed by atoms with van der Waals surface area (Å²) >= 11 is 0. The maximum Gasteiger partial charge on any atom is 1.00 e. The number of unbranched alkanes of at least 4 members (excludes halogenated alkanes) is 10. The van der Waals surface area contributed by atoms with Gasteiger partial charge in [0, 0.05) is 0 Å². The summed E-state index contributed by atoms with van der Waals surface area (Å²) in [7, 11) is -4.50. The van der Waals surface area contributed by atoms with Crippen LogP contribution >= 0.6 is 0 Å². The normalized spacial score (nSPS) is 11.6. The predicted octanol–water partition coefficient (Wildman–Crippen LogP) is 4.55. The van der Waals surface area contributed by atoms with Crippen LogP contribution in [-0.2, 0) is 23.0 Å². The van der Waals surface area contributed by atoms with Gasteiger partial charge in [-0.15, -0.1) is 0 Å². The summed E-state index contributed by atoms with van der Waals surface area (Å²) < 4.78 is 35.9. The topological polar surface area (TPSA) is 57.2 Å². The van der Waals surface area contributed by atoms with Crippen LogP contribution in [0.4, 0.5) is 0 Å². The zero-order valence-electron chi connectivity index (χ0n) is 19.9. The van der Waals surface area contributed by atoms with E-state index >= 15 is 0 Å². The van der Waals surface area contributed by atoms with Crippen LogP contribution in [0.1, 0.15) is 102 Å². The fourth-order valence-corrected chi connectivity index (χ4v) is 4.90. The molecule has 0 aliphatic heterocycles. The molecule has 0 aliphatic carbocycles. The van der Waals surface area contributed by atoms with E-state index in [1.165, 1.54) is 57.8 Å². The molecule has 0 unspecified atom stereocenters. The van der Waals surface area contributed by atoms with Crippen LogP contribution in [0.15, 0.2) is 35.2 Å². The van der Waals surface area contributed by atoms with Crippen LogP contribution < -0.4 is 29.6 Å². The Morgan fingerprint density at radius 3 is 1.74 bits per heavy atom. The number of rotatable bonds is 15. The van der Waals surface area contributed by atoms with E-state index in [0.717, 1.165) is 48.6 Å². The SMILES string of the molecule is CCCCCCCCc1cc(S(=O)(=O)[O-])c2cc(CCCCCCCC)ccc2c1.[Na+]. The first-order valence-corrected chi connectivity index (χ1v) is 13.4. The Hall–Kier alpha value is -0.390. The summed E-state index contributed by atoms with van der Waals surface area (Å²) in [6.07, 6.45) is 16.3. The minimum Gasteiger partial charge on any atom is -0.744 e. The van der Waals surface area contributed by atoms with E-state index in [1.807, 2.05) is 12.1 Å². The number of aryl methyl sites for hydroxylation is 2. The van der Waals surface area contributed by atoms with Gasteiger partial charge in [-0.25, -0.2) is 8.42 Å². The predicted molar refractivity (Wildman–Crippen MR) is 126 cm³/mol. The molecule has 0 aromatic heterocycles. The van der Waals surface area contributed by atoms with Gasteiger partial charge >= 0.3 is 29.6 Å². The minimum absolute atomic E-state index is 0. The van der Waals surface area contributed by atoms with E-state index in [2.05, 4.69) is 26.0 Å². The molecule has 0 atom stereocenters. The molecule has 168 valence electrons. The zero-order valence-corrected chi connectivity index (χ0v) is 22.7. The Kier molecular flexibility index (Phi) is 14.3. The van der Waals surface area contributed by atoms with Gasteiger partial charge in [-0.05, 0) is 59.7 Å². The number of fused-ring (bicyclic) bond motifs is 1. The molecule has 31 heavy (non-hydrogen) atoms. The molecule has 3 nitrogen and oxygen atoms in total. The molecule has 0 amide bonds. The molecule has 0 spiro atoms. The molecule has 2 aromatic carbocycles. The van der Waals surface area contributed by atoms with E-state index in [1.54, 1.807) is 6.07 Å². The summed E-state index contributed by atoms with van der Waals surface area (Å²) in [5, 5.41) is 1.44. The van der Waals surface area contributed by atoms with Crippen molar-refractivity contribution in [2.24, 2.45) is 0 Å². The van der Waals surface area contributed by atoms with Gasteiger partial charge in [0.2, 0.25) is 0 Å². The van der Waals surface area contributed by atoms with E-state index in [-0.39, 0.29) is 34.5 Å². The van der Waals surface area contributed by atoms with Gasteiger partial charge in [0.1, 0.15) is 10.1 Å². The molecule has 0 N–H and O–H groups in total. The van der Waals surface area contributed by atoms with Crippen molar-refractivity contribution in [1.29, 1.82) is 0 Å². The van der Waals surface area contributed by atoms with Crippen molar-refractivity contribution >= 4 is 20.9 Å². The van der Waals surface area contributed by atoms with Crippen molar-refractivity contribution < 1.29 is 42.5 Å². The quantitative estimate of drug-likeness (QED) is 0.225. The summed E-state index contributed by atoms with van der Waals surface area (Å²) in [6.45, 7) is 4.43. The summed E-state index contributed by atoms with van der Waals surface area (Å²) in [5.74, 6) is 0. The average molecular weight is 455 g/mol. The first kappa shape index (κ1) is 28.6. The number of hydrogen-bond donors (Lipinski definition) is 0. The molecule has 0 saturated carbocycles. The third kappa shape index (κ3) is 10.4. The molecule has 0 aliphatic rings. The van der Waals surface area contributed by atoms with Crippen LogP contribution in [0.2, 0.25) is 0 Å². The van der Waals surface area contributed by atoms with E-state index < -0.39 is 10.1 Å². The third-order valence-corrected chi connectivity index (χ3v) is 6.82. The second-order valence-corrected chi connectivity index (χ2v) is 9.99. The first-order chi connectivity index (χ1) is 14.5. The van der Waals surface area contributed by atoms with Crippen LogP contribution in [0.3, 0.4) is 0 Å². The van der Waals surface area contributed by atoms with Gasteiger partial charge < -0.3 is 4.55 Å². The number of benzene rings is 2. The molecule has 2 rings (SSSR count). The van der Waals surface area contributed by atoms with Gasteiger partial charge in [-0.1, -0.05) is 96.3 Å². The molecular weight excluding hydrogens is 415 g/mol. The average Bonchev–Trinajstić information content (AvgIpc) is 2.72. The minimum atomic E-state index is -4.50. The largest absolute Gasteiger partial charge is 1.00 e. The third-order valence-electron chi connectivity index (χ3n) is 5.95. The summed E-state index contributed by atoms with van der Waals surface area (Å²) in [6, 6.07) is 9.67. The van der Waals surface area contributed by atoms with Gasteiger partial charge in [0.15, 0.2) is 0 Å². The van der Waals surface area contributed by atoms with E-state index in [4.69, 9.17) is 0 Å². The molecular formula is C26H39NaO3S. The van der Waals surface area contributed by atoms with Crippen molar-refractivity contribution in [2.75, 3.05) is 0 Å². The molecule has 0 heterocycles. The molecule has 0 fully saturated rings. The Bertz CT molecular complexity index is 878. The summed E-state index contributed by atoms with van der Waals surface area (Å²) in [4.78, 5) is -0.0502.